The Kier molecular flexibility index (Phi) is 8.32. The van der Waals surface area contributed by atoms with E-state index < -0.39 is 26.9 Å². The van der Waals surface area contributed by atoms with Crippen molar-refractivity contribution in [2.24, 2.45) is 0 Å². The summed E-state index contributed by atoms with van der Waals surface area (Å²) in [6.07, 6.45) is 5.68. The van der Waals surface area contributed by atoms with Crippen molar-refractivity contribution in [2.45, 2.75) is 37.9 Å². The number of hydrogen-bond acceptors (Lipinski definition) is 10. The second-order valence-electron chi connectivity index (χ2n) is 8.53. The standard InChI is InChI=1S/C26H30N6O5S/c1-6-37-24(25-28-13-17(2)14-29-25)18(3)38(33,34)16-22-30-31-26(19-9-8-12-27-15-19)32(22)23-20(35-4)10-7-11-21(23)36-5/h7-15,18,24H,6,16H2,1-5H3/t18-,24-/m0/s1. The Morgan fingerprint density at radius 3 is 2.24 bits per heavy atom. The van der Waals surface area contributed by atoms with Crippen molar-refractivity contribution < 1.29 is 22.6 Å². The number of para-hydroxylation sites is 1. The fraction of sp³-hybridized carbons (Fsp3) is 0.346. The average Bonchev–Trinajstić information content (AvgIpc) is 3.34. The molecule has 200 valence electrons. The number of ether oxygens (including phenoxy) is 3. The molecule has 0 aliphatic carbocycles. The Bertz CT molecular complexity index is 1450. The lowest BCUT2D eigenvalue weighted by molar-refractivity contribution is 0.0556. The molecular formula is C26H30N6O5S. The van der Waals surface area contributed by atoms with Crippen LogP contribution < -0.4 is 9.47 Å². The molecule has 0 spiro atoms. The van der Waals surface area contributed by atoms with E-state index >= 15 is 0 Å². The van der Waals surface area contributed by atoms with Gasteiger partial charge in [-0.15, -0.1) is 10.2 Å². The highest BCUT2D eigenvalue weighted by atomic mass is 32.2. The minimum absolute atomic E-state index is 0.179. The van der Waals surface area contributed by atoms with Crippen LogP contribution in [0.15, 0.2) is 55.1 Å². The zero-order valence-electron chi connectivity index (χ0n) is 21.9. The SMILES string of the molecule is CCO[C@H](c1ncc(C)cn1)[C@H](C)S(=O)(=O)Cc1nnc(-c2cccnc2)n1-c1c(OC)cccc1OC. The topological polar surface area (TPSA) is 131 Å². The van der Waals surface area contributed by atoms with Crippen molar-refractivity contribution in [1.29, 1.82) is 0 Å². The quantitative estimate of drug-likeness (QED) is 0.279. The van der Waals surface area contributed by atoms with Crippen molar-refractivity contribution in [1.82, 2.24) is 29.7 Å². The second kappa shape index (κ2) is 11.7. The van der Waals surface area contributed by atoms with Gasteiger partial charge in [-0.25, -0.2) is 18.4 Å². The second-order valence-corrected chi connectivity index (χ2v) is 10.9. The van der Waals surface area contributed by atoms with Gasteiger partial charge in [0.25, 0.3) is 0 Å². The monoisotopic (exact) mass is 538 g/mol. The minimum atomic E-state index is -3.86. The van der Waals surface area contributed by atoms with Crippen LogP contribution in [0.4, 0.5) is 0 Å². The van der Waals surface area contributed by atoms with Crippen molar-refractivity contribution in [3.05, 3.63) is 72.3 Å². The van der Waals surface area contributed by atoms with Gasteiger partial charge in [-0.05, 0) is 50.6 Å². The fourth-order valence-corrected chi connectivity index (χ4v) is 5.41. The van der Waals surface area contributed by atoms with Gasteiger partial charge < -0.3 is 14.2 Å². The lowest BCUT2D eigenvalue weighted by Gasteiger charge is -2.23. The van der Waals surface area contributed by atoms with E-state index in [2.05, 4.69) is 25.1 Å². The van der Waals surface area contributed by atoms with Crippen LogP contribution in [0, 0.1) is 6.92 Å². The van der Waals surface area contributed by atoms with Crippen LogP contribution in [0.1, 0.15) is 37.2 Å². The molecule has 0 aliphatic rings. The maximum atomic E-state index is 13.8. The molecule has 38 heavy (non-hydrogen) atoms. The lowest BCUT2D eigenvalue weighted by atomic mass is 10.2. The number of nitrogens with zero attached hydrogens (tertiary/aromatic N) is 6. The molecule has 0 aliphatic heterocycles. The predicted molar refractivity (Wildman–Crippen MR) is 141 cm³/mol. The van der Waals surface area contributed by atoms with Crippen molar-refractivity contribution in [3.63, 3.8) is 0 Å². The molecule has 2 atom stereocenters. The third-order valence-corrected chi connectivity index (χ3v) is 8.04. The van der Waals surface area contributed by atoms with Gasteiger partial charge in [0.15, 0.2) is 27.3 Å². The molecule has 4 aromatic rings. The van der Waals surface area contributed by atoms with Crippen molar-refractivity contribution >= 4 is 9.84 Å². The van der Waals surface area contributed by atoms with Gasteiger partial charge in [0.2, 0.25) is 0 Å². The van der Waals surface area contributed by atoms with Gasteiger partial charge in [-0.2, -0.15) is 0 Å². The van der Waals surface area contributed by atoms with E-state index in [-0.39, 0.29) is 5.82 Å². The number of hydrogen-bond donors (Lipinski definition) is 0. The number of aryl methyl sites for hydroxylation is 1. The van der Waals surface area contributed by atoms with E-state index in [1.54, 1.807) is 67.5 Å². The summed E-state index contributed by atoms with van der Waals surface area (Å²) in [7, 11) is -0.803. The van der Waals surface area contributed by atoms with Gasteiger partial charge in [0, 0.05) is 37.0 Å². The average molecular weight is 539 g/mol. The largest absolute Gasteiger partial charge is 0.494 e. The molecule has 0 fully saturated rings. The van der Waals surface area contributed by atoms with Gasteiger partial charge in [0.05, 0.1) is 19.5 Å². The van der Waals surface area contributed by atoms with Gasteiger partial charge in [-0.3, -0.25) is 9.55 Å². The first-order valence-corrected chi connectivity index (χ1v) is 13.7. The third-order valence-electron chi connectivity index (χ3n) is 6.00. The number of benzene rings is 1. The van der Waals surface area contributed by atoms with Crippen LogP contribution in [0.5, 0.6) is 11.5 Å². The Morgan fingerprint density at radius 2 is 1.66 bits per heavy atom. The summed E-state index contributed by atoms with van der Waals surface area (Å²) in [5.41, 5.74) is 1.98. The lowest BCUT2D eigenvalue weighted by Crippen LogP contribution is -2.30. The highest BCUT2D eigenvalue weighted by molar-refractivity contribution is 7.91. The zero-order chi connectivity index (χ0) is 27.3. The molecular weight excluding hydrogens is 508 g/mol. The number of pyridine rings is 1. The van der Waals surface area contributed by atoms with E-state index in [0.29, 0.717) is 41.0 Å². The summed E-state index contributed by atoms with van der Waals surface area (Å²) >= 11 is 0. The summed E-state index contributed by atoms with van der Waals surface area (Å²) in [5.74, 6) is 1.36. The predicted octanol–water partition coefficient (Wildman–Crippen LogP) is 3.53. The number of rotatable bonds is 11. The number of aromatic nitrogens is 6. The van der Waals surface area contributed by atoms with Crippen LogP contribution in [-0.2, 0) is 20.3 Å². The Hall–Kier alpha value is -3.90. The summed E-state index contributed by atoms with van der Waals surface area (Å²) < 4.78 is 46.3. The van der Waals surface area contributed by atoms with E-state index in [0.717, 1.165) is 5.56 Å². The first-order valence-electron chi connectivity index (χ1n) is 12.0. The van der Waals surface area contributed by atoms with Crippen LogP contribution in [0.2, 0.25) is 0 Å². The normalized spacial score (nSPS) is 13.2. The van der Waals surface area contributed by atoms with Crippen LogP contribution in [0.3, 0.4) is 0 Å². The molecule has 12 heteroatoms. The molecule has 0 radical (unpaired) electrons. The Labute approximate surface area is 221 Å². The maximum absolute atomic E-state index is 13.8. The van der Waals surface area contributed by atoms with E-state index in [1.165, 1.54) is 14.2 Å². The smallest absolute Gasteiger partial charge is 0.170 e. The van der Waals surface area contributed by atoms with Crippen LogP contribution >= 0.6 is 0 Å². The molecule has 0 saturated carbocycles. The van der Waals surface area contributed by atoms with E-state index in [9.17, 15) is 8.42 Å². The van der Waals surface area contributed by atoms with Crippen LogP contribution in [-0.4, -0.2) is 64.2 Å². The molecule has 3 aromatic heterocycles. The highest BCUT2D eigenvalue weighted by Crippen LogP contribution is 2.37. The molecule has 1 aromatic carbocycles. The molecule has 3 heterocycles. The molecule has 0 unspecified atom stereocenters. The molecule has 11 nitrogen and oxygen atoms in total. The molecule has 4 rings (SSSR count). The fourth-order valence-electron chi connectivity index (χ4n) is 4.03. The van der Waals surface area contributed by atoms with E-state index in [1.807, 2.05) is 13.0 Å². The van der Waals surface area contributed by atoms with Crippen LogP contribution in [0.25, 0.3) is 17.1 Å². The maximum Gasteiger partial charge on any atom is 0.170 e. The summed E-state index contributed by atoms with van der Waals surface area (Å²) in [6, 6.07) is 8.87. The van der Waals surface area contributed by atoms with E-state index in [4.69, 9.17) is 14.2 Å². The zero-order valence-corrected chi connectivity index (χ0v) is 22.7. The van der Waals surface area contributed by atoms with Crippen molar-refractivity contribution in [2.75, 3.05) is 20.8 Å². The number of methoxy groups -OCH3 is 2. The Balaban J connectivity index is 1.83. The molecule has 0 N–H and O–H groups in total. The summed E-state index contributed by atoms with van der Waals surface area (Å²) in [5, 5.41) is 7.67. The molecule has 0 amide bonds. The van der Waals surface area contributed by atoms with Gasteiger partial charge >= 0.3 is 0 Å². The Morgan fingerprint density at radius 1 is 0.974 bits per heavy atom. The minimum Gasteiger partial charge on any atom is -0.494 e. The first kappa shape index (κ1) is 27.1. The van der Waals surface area contributed by atoms with Gasteiger partial charge in [-0.1, -0.05) is 6.07 Å². The summed E-state index contributed by atoms with van der Waals surface area (Å²) in [4.78, 5) is 12.8. The molecule has 0 bridgehead atoms. The number of sulfone groups is 1. The highest BCUT2D eigenvalue weighted by Gasteiger charge is 2.35. The van der Waals surface area contributed by atoms with Crippen molar-refractivity contribution in [3.8, 4) is 28.6 Å². The first-order chi connectivity index (χ1) is 18.3. The van der Waals surface area contributed by atoms with Gasteiger partial charge in [0.1, 0.15) is 29.0 Å². The summed E-state index contributed by atoms with van der Waals surface area (Å²) in [6.45, 7) is 5.54. The third kappa shape index (κ3) is 5.50. The molecule has 0 saturated heterocycles.